The molecule has 1 atom stereocenters. The molecule has 2 rings (SSSR count). The normalized spacial score (nSPS) is 11.8. The third kappa shape index (κ3) is 0.967. The van der Waals surface area contributed by atoms with Gasteiger partial charge in [0.15, 0.2) is 0 Å². The van der Waals surface area contributed by atoms with E-state index in [0.29, 0.717) is 0 Å². The van der Waals surface area contributed by atoms with E-state index < -0.39 is 15.8 Å². The zero-order valence-corrected chi connectivity index (χ0v) is 6.91. The Kier molecular flexibility index (Phi) is 1.55. The number of hydrogen-bond acceptors (Lipinski definition) is 2. The predicted octanol–water partition coefficient (Wildman–Crippen LogP) is 2.51. The summed E-state index contributed by atoms with van der Waals surface area (Å²) in [6, 6.07) is 7.31. The summed E-state index contributed by atoms with van der Waals surface area (Å²) in [5.74, 6) is 0. The molecule has 1 unspecified atom stereocenters. The van der Waals surface area contributed by atoms with Crippen LogP contribution in [0.2, 0.25) is 0 Å². The molecule has 0 fully saturated rings. The molecule has 1 heterocycles. The molecule has 0 bridgehead atoms. The number of carboxylic acid groups (broad SMARTS) is 1. The van der Waals surface area contributed by atoms with Crippen molar-refractivity contribution in [1.29, 1.82) is 0 Å². The van der Waals surface area contributed by atoms with Crippen molar-refractivity contribution in [3.8, 4) is 0 Å². The number of rotatable bonds is 1. The number of hydrogen-bond donors (Lipinski definition) is 1. The van der Waals surface area contributed by atoms with Crippen LogP contribution in [-0.4, -0.2) is 15.4 Å². The molecular formula is C8H6NO2S+. The van der Waals surface area contributed by atoms with Gasteiger partial charge in [-0.15, -0.1) is 0 Å². The van der Waals surface area contributed by atoms with Crippen LogP contribution in [0.4, 0.5) is 4.79 Å². The van der Waals surface area contributed by atoms with Crippen LogP contribution in [-0.2, 0) is 0 Å². The molecule has 1 N–H and O–H groups in total. The van der Waals surface area contributed by atoms with E-state index in [2.05, 4.69) is 4.98 Å². The number of nitrogens with zero attached hydrogens (tertiary/aromatic N) is 1. The highest BCUT2D eigenvalue weighted by atomic mass is 32.2. The van der Waals surface area contributed by atoms with Gasteiger partial charge in [-0.2, -0.15) is 9.78 Å². The zero-order valence-electron chi connectivity index (χ0n) is 6.10. The van der Waals surface area contributed by atoms with Gasteiger partial charge in [-0.05, 0) is 6.07 Å². The number of aromatic nitrogens is 1. The summed E-state index contributed by atoms with van der Waals surface area (Å²) in [4.78, 5) is 14.7. The Hall–Kier alpha value is -1.42. The molecule has 1 aromatic carbocycles. The highest BCUT2D eigenvalue weighted by molar-refractivity contribution is 7.53. The van der Waals surface area contributed by atoms with Crippen molar-refractivity contribution in [3.05, 3.63) is 29.8 Å². The molecule has 0 aliphatic rings. The molecule has 4 heteroatoms. The fraction of sp³-hybridized carbons (Fsp3) is 0. The summed E-state index contributed by atoms with van der Waals surface area (Å²) in [5, 5.41) is 7.97. The Morgan fingerprint density at radius 3 is 2.92 bits per heavy atom. The van der Waals surface area contributed by atoms with E-state index in [1.54, 1.807) is 6.07 Å². The van der Waals surface area contributed by atoms with Crippen LogP contribution in [0.25, 0.3) is 10.2 Å². The lowest BCUT2D eigenvalue weighted by Gasteiger charge is -1.79. The molecule has 0 aliphatic carbocycles. The molecule has 0 amide bonds. The molecule has 3 nitrogen and oxygen atoms in total. The van der Waals surface area contributed by atoms with Crippen LogP contribution in [0.15, 0.2) is 29.8 Å². The second-order valence-electron chi connectivity index (χ2n) is 2.31. The van der Waals surface area contributed by atoms with Gasteiger partial charge in [-0.3, -0.25) is 0 Å². The van der Waals surface area contributed by atoms with Crippen LogP contribution in [0.3, 0.4) is 0 Å². The van der Waals surface area contributed by atoms with Gasteiger partial charge in [0.25, 0.3) is 0 Å². The Bertz CT molecular complexity index is 435. The second kappa shape index (κ2) is 2.57. The molecule has 0 spiro atoms. The van der Waals surface area contributed by atoms with Gasteiger partial charge in [0.1, 0.15) is 16.0 Å². The third-order valence-electron chi connectivity index (χ3n) is 1.59. The van der Waals surface area contributed by atoms with Crippen LogP contribution in [0.1, 0.15) is 0 Å². The van der Waals surface area contributed by atoms with Gasteiger partial charge < -0.3 is 5.11 Å². The van der Waals surface area contributed by atoms with Crippen molar-refractivity contribution in [3.63, 3.8) is 0 Å². The van der Waals surface area contributed by atoms with Crippen molar-refractivity contribution in [2.45, 2.75) is 0 Å². The maximum Gasteiger partial charge on any atom is 0.554 e. The minimum absolute atomic E-state index is 0.781. The van der Waals surface area contributed by atoms with Crippen molar-refractivity contribution < 1.29 is 9.90 Å². The molecule has 0 radical (unpaired) electrons. The summed E-state index contributed by atoms with van der Waals surface area (Å²) < 4.78 is 0.810. The quantitative estimate of drug-likeness (QED) is 0.686. The summed E-state index contributed by atoms with van der Waals surface area (Å²) >= 11 is 0. The molecule has 12 heavy (non-hydrogen) atoms. The third-order valence-corrected chi connectivity index (χ3v) is 3.10. The largest absolute Gasteiger partial charge is 0.554 e. The lowest BCUT2D eigenvalue weighted by Crippen LogP contribution is -1.81. The smallest absolute Gasteiger partial charge is 0.437 e. The van der Waals surface area contributed by atoms with E-state index in [1.165, 1.54) is 5.51 Å². The van der Waals surface area contributed by atoms with Gasteiger partial charge in [-0.1, -0.05) is 12.1 Å². The first-order valence-electron chi connectivity index (χ1n) is 3.38. The van der Waals surface area contributed by atoms with Crippen molar-refractivity contribution in [2.24, 2.45) is 0 Å². The van der Waals surface area contributed by atoms with E-state index in [1.807, 2.05) is 18.2 Å². The molecule has 60 valence electrons. The molecule has 0 aliphatic heterocycles. The highest BCUT2D eigenvalue weighted by Crippen LogP contribution is 2.28. The fourth-order valence-electron chi connectivity index (χ4n) is 1.06. The first-order valence-corrected chi connectivity index (χ1v) is 4.67. The van der Waals surface area contributed by atoms with Crippen LogP contribution < -0.4 is 0 Å². The monoisotopic (exact) mass is 180 g/mol. The molecule has 2 aromatic rings. The standard InChI is InChI=1S/C8H5NO2S/c10-8(11)12-5-9-6-3-1-2-4-7(6)12/h1-5H/p+1. The Labute approximate surface area is 71.3 Å². The van der Waals surface area contributed by atoms with Crippen LogP contribution in [0.5, 0.6) is 0 Å². The predicted molar refractivity (Wildman–Crippen MR) is 47.6 cm³/mol. The van der Waals surface area contributed by atoms with E-state index in [-0.39, 0.29) is 0 Å². The van der Waals surface area contributed by atoms with Gasteiger partial charge in [0, 0.05) is 6.07 Å². The summed E-state index contributed by atoms with van der Waals surface area (Å²) in [7, 11) is -0.829. The lowest BCUT2D eigenvalue weighted by atomic mass is 10.3. The molecule has 0 saturated carbocycles. The van der Waals surface area contributed by atoms with Crippen molar-refractivity contribution in [1.82, 2.24) is 4.98 Å². The highest BCUT2D eigenvalue weighted by Gasteiger charge is 2.21. The number of carbonyl (C=O) groups is 1. The van der Waals surface area contributed by atoms with E-state index in [0.717, 1.165) is 10.2 Å². The maximum atomic E-state index is 10.7. The Balaban J connectivity index is 2.79. The van der Waals surface area contributed by atoms with Crippen LogP contribution >= 0.6 is 10.5 Å². The number of fused-ring (bicyclic) bond motifs is 1. The fourth-order valence-corrected chi connectivity index (χ4v) is 2.24. The van der Waals surface area contributed by atoms with Gasteiger partial charge in [-0.25, -0.2) is 0 Å². The number of para-hydroxylation sites is 1. The van der Waals surface area contributed by atoms with Crippen LogP contribution in [0, 0.1) is 0 Å². The van der Waals surface area contributed by atoms with E-state index in [4.69, 9.17) is 5.11 Å². The molecule has 1 aromatic heterocycles. The Morgan fingerprint density at radius 1 is 1.42 bits per heavy atom. The van der Waals surface area contributed by atoms with Crippen molar-refractivity contribution in [2.75, 3.05) is 0 Å². The summed E-state index contributed by atoms with van der Waals surface area (Å²) in [6.45, 7) is 0. The van der Waals surface area contributed by atoms with Gasteiger partial charge in [0.05, 0.1) is 0 Å². The Morgan fingerprint density at radius 2 is 2.17 bits per heavy atom. The summed E-state index contributed by atoms with van der Waals surface area (Å²) in [5.41, 5.74) is 2.27. The minimum Gasteiger partial charge on any atom is -0.437 e. The zero-order chi connectivity index (χ0) is 8.55. The minimum atomic E-state index is -0.829. The van der Waals surface area contributed by atoms with E-state index >= 15 is 0 Å². The number of benzene rings is 1. The average molecular weight is 180 g/mol. The first-order chi connectivity index (χ1) is 5.79. The molecular weight excluding hydrogens is 174 g/mol. The van der Waals surface area contributed by atoms with Gasteiger partial charge in [0.2, 0.25) is 10.2 Å². The maximum absolute atomic E-state index is 10.7. The molecule has 0 saturated heterocycles. The number of thiazole rings is 1. The first kappa shape index (κ1) is 7.24. The topological polar surface area (TPSA) is 50.2 Å². The summed E-state index contributed by atoms with van der Waals surface area (Å²) in [6.07, 6.45) is 0. The van der Waals surface area contributed by atoms with E-state index in [9.17, 15) is 4.79 Å². The van der Waals surface area contributed by atoms with Gasteiger partial charge >= 0.3 is 5.30 Å². The van der Waals surface area contributed by atoms with Crippen molar-refractivity contribution >= 4 is 26.0 Å². The SMILES string of the molecule is O=C(O)[s+]1cnc2ccccc21. The lowest BCUT2D eigenvalue weighted by molar-refractivity contribution is 0.221. The average Bonchev–Trinajstić information content (AvgIpc) is 2.47. The second-order valence-corrected chi connectivity index (χ2v) is 3.98.